The fraction of sp³-hybridized carbons (Fsp3) is 0.200. The van der Waals surface area contributed by atoms with Crippen molar-refractivity contribution in [2.45, 2.75) is 13.0 Å². The molecule has 0 aromatic heterocycles. The van der Waals surface area contributed by atoms with Crippen LogP contribution in [0.4, 0.5) is 0 Å². The molecule has 74 valence electrons. The lowest BCUT2D eigenvalue weighted by atomic mass is 10.1. The molecule has 0 saturated carbocycles. The molecule has 0 heterocycles. The highest BCUT2D eigenvalue weighted by Gasteiger charge is 2.07. The number of nitrogens with one attached hydrogen (secondary N) is 1. The Morgan fingerprint density at radius 1 is 1.43 bits per heavy atom. The summed E-state index contributed by atoms with van der Waals surface area (Å²) in [6.07, 6.45) is 0.256. The summed E-state index contributed by atoms with van der Waals surface area (Å²) in [5.74, 6) is -0.618. The van der Waals surface area contributed by atoms with Gasteiger partial charge >= 0.3 is 0 Å². The van der Waals surface area contributed by atoms with Gasteiger partial charge in [-0.05, 0) is 24.6 Å². The van der Waals surface area contributed by atoms with E-state index in [0.29, 0.717) is 5.02 Å². The van der Waals surface area contributed by atoms with Crippen molar-refractivity contribution in [1.82, 2.24) is 5.32 Å². The van der Waals surface area contributed by atoms with Crippen LogP contribution >= 0.6 is 11.6 Å². The summed E-state index contributed by atoms with van der Waals surface area (Å²) in [6, 6.07) is 6.89. The van der Waals surface area contributed by atoms with Crippen molar-refractivity contribution in [3.8, 4) is 0 Å². The van der Waals surface area contributed by atoms with Gasteiger partial charge in [0.25, 0.3) is 5.91 Å². The highest BCUT2D eigenvalue weighted by atomic mass is 35.5. The summed E-state index contributed by atoms with van der Waals surface area (Å²) in [5.41, 5.74) is 0.907. The molecular weight excluding hydrogens is 202 g/mol. The molecule has 0 aliphatic heterocycles. The van der Waals surface area contributed by atoms with Gasteiger partial charge in [0.2, 0.25) is 6.29 Å². The maximum atomic E-state index is 10.8. The van der Waals surface area contributed by atoms with Crippen LogP contribution < -0.4 is 5.32 Å². The highest BCUT2D eigenvalue weighted by molar-refractivity contribution is 6.30. The normalized spacial score (nSPS) is 11.9. The van der Waals surface area contributed by atoms with E-state index in [1.807, 2.05) is 0 Å². The summed E-state index contributed by atoms with van der Waals surface area (Å²) in [5, 5.41) is 3.16. The van der Waals surface area contributed by atoms with Crippen LogP contribution in [-0.4, -0.2) is 12.2 Å². The minimum Gasteiger partial charge on any atom is -0.343 e. The van der Waals surface area contributed by atoms with Gasteiger partial charge in [-0.25, -0.2) is 0 Å². The van der Waals surface area contributed by atoms with E-state index in [1.54, 1.807) is 31.2 Å². The van der Waals surface area contributed by atoms with Gasteiger partial charge in [-0.2, -0.15) is 0 Å². The van der Waals surface area contributed by atoms with Crippen LogP contribution in [0.5, 0.6) is 0 Å². The van der Waals surface area contributed by atoms with E-state index < -0.39 is 5.91 Å². The van der Waals surface area contributed by atoms with Crippen molar-refractivity contribution in [2.24, 2.45) is 0 Å². The maximum absolute atomic E-state index is 10.8. The quantitative estimate of drug-likeness (QED) is 0.611. The Balaban J connectivity index is 2.69. The molecule has 3 nitrogen and oxygen atoms in total. The van der Waals surface area contributed by atoms with Crippen molar-refractivity contribution in [2.75, 3.05) is 0 Å². The third-order valence-electron chi connectivity index (χ3n) is 1.84. The first-order valence-electron chi connectivity index (χ1n) is 4.14. The van der Waals surface area contributed by atoms with Crippen molar-refractivity contribution < 1.29 is 9.59 Å². The number of carbonyl (C=O) groups excluding carboxylic acids is 2. The minimum atomic E-state index is -0.618. The molecule has 0 bridgehead atoms. The monoisotopic (exact) mass is 211 g/mol. The third kappa shape index (κ3) is 2.85. The van der Waals surface area contributed by atoms with Gasteiger partial charge < -0.3 is 5.32 Å². The Labute approximate surface area is 87.1 Å². The van der Waals surface area contributed by atoms with Crippen LogP contribution in [0, 0.1) is 0 Å². The van der Waals surface area contributed by atoms with Crippen LogP contribution in [0.3, 0.4) is 0 Å². The van der Waals surface area contributed by atoms with E-state index in [-0.39, 0.29) is 12.3 Å². The maximum Gasteiger partial charge on any atom is 0.284 e. The smallest absolute Gasteiger partial charge is 0.284 e. The lowest BCUT2D eigenvalue weighted by Crippen LogP contribution is -2.27. The molecule has 0 radical (unpaired) electrons. The Morgan fingerprint density at radius 2 is 2.00 bits per heavy atom. The zero-order valence-corrected chi connectivity index (χ0v) is 8.41. The first-order chi connectivity index (χ1) is 6.63. The number of carbonyl (C=O) groups is 2. The van der Waals surface area contributed by atoms with E-state index >= 15 is 0 Å². The topological polar surface area (TPSA) is 46.2 Å². The van der Waals surface area contributed by atoms with Gasteiger partial charge in [0.15, 0.2) is 0 Å². The second kappa shape index (κ2) is 4.77. The molecule has 1 N–H and O–H groups in total. The molecule has 0 saturated heterocycles. The van der Waals surface area contributed by atoms with Crippen LogP contribution in [0.25, 0.3) is 0 Å². The van der Waals surface area contributed by atoms with Crippen molar-refractivity contribution in [3.63, 3.8) is 0 Å². The molecule has 1 atom stereocenters. The molecule has 0 aliphatic carbocycles. The van der Waals surface area contributed by atoms with E-state index in [1.165, 1.54) is 0 Å². The van der Waals surface area contributed by atoms with Crippen molar-refractivity contribution in [3.05, 3.63) is 34.9 Å². The number of amides is 1. The van der Waals surface area contributed by atoms with Crippen LogP contribution in [-0.2, 0) is 9.59 Å². The second-order valence-corrected chi connectivity index (χ2v) is 3.34. The zero-order chi connectivity index (χ0) is 10.6. The lowest BCUT2D eigenvalue weighted by molar-refractivity contribution is -0.131. The van der Waals surface area contributed by atoms with E-state index in [9.17, 15) is 9.59 Å². The molecule has 1 aromatic carbocycles. The number of halogens is 1. The number of benzene rings is 1. The molecule has 1 unspecified atom stereocenters. The molecule has 14 heavy (non-hydrogen) atoms. The summed E-state index contributed by atoms with van der Waals surface area (Å²) in [6.45, 7) is 1.80. The Bertz CT molecular complexity index is 334. The fourth-order valence-electron chi connectivity index (χ4n) is 1.08. The van der Waals surface area contributed by atoms with Crippen molar-refractivity contribution >= 4 is 23.8 Å². The molecule has 1 amide bonds. The summed E-state index contributed by atoms with van der Waals surface area (Å²) in [4.78, 5) is 20.8. The van der Waals surface area contributed by atoms with Crippen LogP contribution in [0.15, 0.2) is 24.3 Å². The summed E-state index contributed by atoms with van der Waals surface area (Å²) in [7, 11) is 0. The highest BCUT2D eigenvalue weighted by Crippen LogP contribution is 2.15. The predicted octanol–water partition coefficient (Wildman–Crippen LogP) is 1.72. The van der Waals surface area contributed by atoms with Crippen LogP contribution in [0.2, 0.25) is 5.02 Å². The standard InChI is InChI=1S/C10H10ClNO2/c1-7(12-10(14)6-13)8-2-4-9(11)5-3-8/h2-7H,1H3,(H,12,14). The number of aldehydes is 1. The number of rotatable bonds is 3. The Kier molecular flexibility index (Phi) is 3.65. The van der Waals surface area contributed by atoms with Gasteiger partial charge in [0.1, 0.15) is 0 Å². The lowest BCUT2D eigenvalue weighted by Gasteiger charge is -2.11. The van der Waals surface area contributed by atoms with Gasteiger partial charge in [-0.15, -0.1) is 0 Å². The van der Waals surface area contributed by atoms with Gasteiger partial charge in [0.05, 0.1) is 6.04 Å². The first-order valence-corrected chi connectivity index (χ1v) is 4.52. The van der Waals surface area contributed by atoms with Gasteiger partial charge in [0, 0.05) is 5.02 Å². The second-order valence-electron chi connectivity index (χ2n) is 2.90. The number of hydrogen-bond acceptors (Lipinski definition) is 2. The molecule has 1 rings (SSSR count). The Hall–Kier alpha value is -1.35. The SMILES string of the molecule is CC(NC(=O)C=O)c1ccc(Cl)cc1. The average Bonchev–Trinajstić information content (AvgIpc) is 2.18. The van der Waals surface area contributed by atoms with Gasteiger partial charge in [-0.3, -0.25) is 9.59 Å². The molecule has 0 spiro atoms. The average molecular weight is 212 g/mol. The predicted molar refractivity (Wildman–Crippen MR) is 54.1 cm³/mol. The summed E-state index contributed by atoms with van der Waals surface area (Å²) >= 11 is 5.71. The Morgan fingerprint density at radius 3 is 2.50 bits per heavy atom. The van der Waals surface area contributed by atoms with E-state index in [0.717, 1.165) is 5.56 Å². The minimum absolute atomic E-state index is 0.190. The number of hydrogen-bond donors (Lipinski definition) is 1. The van der Waals surface area contributed by atoms with E-state index in [4.69, 9.17) is 11.6 Å². The first kappa shape index (κ1) is 10.7. The summed E-state index contributed by atoms with van der Waals surface area (Å²) < 4.78 is 0. The molecule has 0 aliphatic rings. The molecular formula is C10H10ClNO2. The molecule has 4 heteroatoms. The molecule has 1 aromatic rings. The van der Waals surface area contributed by atoms with E-state index in [2.05, 4.69) is 5.32 Å². The van der Waals surface area contributed by atoms with Crippen LogP contribution in [0.1, 0.15) is 18.5 Å². The van der Waals surface area contributed by atoms with Crippen molar-refractivity contribution in [1.29, 1.82) is 0 Å². The fourth-order valence-corrected chi connectivity index (χ4v) is 1.21. The third-order valence-corrected chi connectivity index (χ3v) is 2.09. The molecule has 0 fully saturated rings. The largest absolute Gasteiger partial charge is 0.343 e. The zero-order valence-electron chi connectivity index (χ0n) is 7.66. The van der Waals surface area contributed by atoms with Gasteiger partial charge in [-0.1, -0.05) is 23.7 Å².